The lowest BCUT2D eigenvalue weighted by Gasteiger charge is -2.26. The quantitative estimate of drug-likeness (QED) is 0.224. The predicted molar refractivity (Wildman–Crippen MR) is 120 cm³/mol. The molecule has 0 bridgehead atoms. The molecular formula is C18H36IN7O. The molecule has 1 fully saturated rings. The van der Waals surface area contributed by atoms with Crippen molar-refractivity contribution in [3.8, 4) is 0 Å². The third-order valence-corrected chi connectivity index (χ3v) is 4.69. The van der Waals surface area contributed by atoms with Crippen LogP contribution in [0.2, 0.25) is 0 Å². The van der Waals surface area contributed by atoms with Gasteiger partial charge in [0, 0.05) is 39.9 Å². The van der Waals surface area contributed by atoms with E-state index in [1.807, 2.05) is 25.5 Å². The van der Waals surface area contributed by atoms with Crippen LogP contribution in [0.4, 0.5) is 0 Å². The Morgan fingerprint density at radius 1 is 1.15 bits per heavy atom. The molecule has 0 atom stereocenters. The SMILES string of the molecule is CCOCCCNC(=NCc1nnc(C)n1C)NCCN1CCCCC1.I. The van der Waals surface area contributed by atoms with Gasteiger partial charge in [0.15, 0.2) is 11.8 Å². The summed E-state index contributed by atoms with van der Waals surface area (Å²) in [5.74, 6) is 2.60. The summed E-state index contributed by atoms with van der Waals surface area (Å²) in [5.41, 5.74) is 0. The molecule has 2 heterocycles. The lowest BCUT2D eigenvalue weighted by Crippen LogP contribution is -2.43. The molecule has 1 saturated heterocycles. The first kappa shape index (κ1) is 24.1. The van der Waals surface area contributed by atoms with Crippen LogP contribution in [-0.4, -0.2) is 71.6 Å². The van der Waals surface area contributed by atoms with Crippen LogP contribution < -0.4 is 10.6 Å². The van der Waals surface area contributed by atoms with E-state index >= 15 is 0 Å². The number of nitrogens with zero attached hydrogens (tertiary/aromatic N) is 5. The van der Waals surface area contributed by atoms with Crippen molar-refractivity contribution in [2.75, 3.05) is 45.9 Å². The van der Waals surface area contributed by atoms with Crippen LogP contribution in [0.25, 0.3) is 0 Å². The highest BCUT2D eigenvalue weighted by Crippen LogP contribution is 2.07. The lowest BCUT2D eigenvalue weighted by molar-refractivity contribution is 0.145. The number of hydrogen-bond donors (Lipinski definition) is 2. The molecule has 2 N–H and O–H groups in total. The molecule has 156 valence electrons. The third kappa shape index (κ3) is 9.20. The molecule has 0 aromatic carbocycles. The van der Waals surface area contributed by atoms with Gasteiger partial charge in [-0.3, -0.25) is 0 Å². The smallest absolute Gasteiger partial charge is 0.191 e. The van der Waals surface area contributed by atoms with Gasteiger partial charge in [-0.1, -0.05) is 6.42 Å². The Morgan fingerprint density at radius 2 is 1.89 bits per heavy atom. The van der Waals surface area contributed by atoms with Crippen molar-refractivity contribution in [1.82, 2.24) is 30.3 Å². The number of aryl methyl sites for hydroxylation is 1. The molecule has 0 unspecified atom stereocenters. The number of halogens is 1. The number of piperidine rings is 1. The van der Waals surface area contributed by atoms with Gasteiger partial charge in [0.25, 0.3) is 0 Å². The number of guanidine groups is 1. The Hall–Kier alpha value is -0.940. The van der Waals surface area contributed by atoms with Gasteiger partial charge >= 0.3 is 0 Å². The van der Waals surface area contributed by atoms with Crippen LogP contribution in [0, 0.1) is 6.92 Å². The molecule has 8 nitrogen and oxygen atoms in total. The van der Waals surface area contributed by atoms with E-state index in [9.17, 15) is 0 Å². The van der Waals surface area contributed by atoms with Gasteiger partial charge < -0.3 is 24.8 Å². The Kier molecular flexibility index (Phi) is 12.6. The molecule has 0 amide bonds. The van der Waals surface area contributed by atoms with E-state index in [1.165, 1.54) is 32.4 Å². The fraction of sp³-hybridized carbons (Fsp3) is 0.833. The minimum absolute atomic E-state index is 0. The van der Waals surface area contributed by atoms with Gasteiger partial charge in [-0.05, 0) is 46.2 Å². The van der Waals surface area contributed by atoms with Gasteiger partial charge in [-0.25, -0.2) is 4.99 Å². The van der Waals surface area contributed by atoms with Crippen molar-refractivity contribution in [1.29, 1.82) is 0 Å². The monoisotopic (exact) mass is 493 g/mol. The maximum absolute atomic E-state index is 5.40. The van der Waals surface area contributed by atoms with Gasteiger partial charge in [-0.15, -0.1) is 34.2 Å². The highest BCUT2D eigenvalue weighted by atomic mass is 127. The molecule has 1 aliphatic rings. The molecule has 0 saturated carbocycles. The van der Waals surface area contributed by atoms with E-state index in [-0.39, 0.29) is 24.0 Å². The zero-order valence-electron chi connectivity index (χ0n) is 17.0. The van der Waals surface area contributed by atoms with E-state index in [0.717, 1.165) is 56.9 Å². The van der Waals surface area contributed by atoms with E-state index in [0.29, 0.717) is 6.54 Å². The fourth-order valence-corrected chi connectivity index (χ4v) is 2.95. The number of ether oxygens (including phenoxy) is 1. The van der Waals surface area contributed by atoms with Gasteiger partial charge in [0.2, 0.25) is 0 Å². The maximum atomic E-state index is 5.40. The maximum Gasteiger partial charge on any atom is 0.191 e. The number of hydrogen-bond acceptors (Lipinski definition) is 5. The predicted octanol–water partition coefficient (Wildman–Crippen LogP) is 1.69. The Morgan fingerprint density at radius 3 is 2.56 bits per heavy atom. The van der Waals surface area contributed by atoms with Crippen LogP contribution in [-0.2, 0) is 18.3 Å². The second kappa shape index (κ2) is 14.1. The second-order valence-electron chi connectivity index (χ2n) is 6.69. The largest absolute Gasteiger partial charge is 0.382 e. The zero-order valence-corrected chi connectivity index (χ0v) is 19.4. The molecule has 0 aliphatic carbocycles. The highest BCUT2D eigenvalue weighted by Gasteiger charge is 2.10. The first-order valence-corrected chi connectivity index (χ1v) is 9.88. The summed E-state index contributed by atoms with van der Waals surface area (Å²) in [6, 6.07) is 0. The number of likely N-dealkylation sites (tertiary alicyclic amines) is 1. The number of aliphatic imine (C=N–C) groups is 1. The summed E-state index contributed by atoms with van der Waals surface area (Å²) in [5, 5.41) is 15.1. The van der Waals surface area contributed by atoms with Crippen molar-refractivity contribution in [2.45, 2.75) is 46.1 Å². The molecule has 9 heteroatoms. The van der Waals surface area contributed by atoms with Crippen molar-refractivity contribution in [3.63, 3.8) is 0 Å². The average Bonchev–Trinajstić information content (AvgIpc) is 2.98. The first-order valence-electron chi connectivity index (χ1n) is 9.88. The first-order chi connectivity index (χ1) is 12.7. The lowest BCUT2D eigenvalue weighted by atomic mass is 10.1. The van der Waals surface area contributed by atoms with Crippen LogP contribution >= 0.6 is 24.0 Å². The van der Waals surface area contributed by atoms with Crippen LogP contribution in [0.3, 0.4) is 0 Å². The second-order valence-corrected chi connectivity index (χ2v) is 6.69. The van der Waals surface area contributed by atoms with Crippen molar-refractivity contribution >= 4 is 29.9 Å². The number of nitrogens with one attached hydrogen (secondary N) is 2. The van der Waals surface area contributed by atoms with Crippen LogP contribution in [0.15, 0.2) is 4.99 Å². The topological polar surface area (TPSA) is 79.6 Å². The average molecular weight is 493 g/mol. The summed E-state index contributed by atoms with van der Waals surface area (Å²) in [4.78, 5) is 7.20. The molecule has 1 aromatic heterocycles. The molecule has 0 radical (unpaired) electrons. The van der Waals surface area contributed by atoms with Gasteiger partial charge in [0.1, 0.15) is 12.4 Å². The Bertz CT molecular complexity index is 544. The Balaban J connectivity index is 0.00000364. The van der Waals surface area contributed by atoms with Crippen LogP contribution in [0.1, 0.15) is 44.3 Å². The number of aromatic nitrogens is 3. The van der Waals surface area contributed by atoms with Crippen LogP contribution in [0.5, 0.6) is 0 Å². The molecule has 27 heavy (non-hydrogen) atoms. The normalized spacial score (nSPS) is 15.4. The van der Waals surface area contributed by atoms with Crippen molar-refractivity contribution in [2.24, 2.45) is 12.0 Å². The molecule has 2 rings (SSSR count). The van der Waals surface area contributed by atoms with E-state index < -0.39 is 0 Å². The summed E-state index contributed by atoms with van der Waals surface area (Å²) in [7, 11) is 1.97. The molecule has 1 aromatic rings. The molecule has 0 spiro atoms. The molecular weight excluding hydrogens is 457 g/mol. The van der Waals surface area contributed by atoms with E-state index in [4.69, 9.17) is 4.74 Å². The molecule has 1 aliphatic heterocycles. The number of rotatable bonds is 10. The van der Waals surface area contributed by atoms with Crippen molar-refractivity contribution < 1.29 is 4.74 Å². The van der Waals surface area contributed by atoms with E-state index in [1.54, 1.807) is 0 Å². The third-order valence-electron chi connectivity index (χ3n) is 4.69. The van der Waals surface area contributed by atoms with E-state index in [2.05, 4.69) is 30.7 Å². The minimum atomic E-state index is 0. The van der Waals surface area contributed by atoms with Gasteiger partial charge in [-0.2, -0.15) is 0 Å². The zero-order chi connectivity index (χ0) is 18.6. The highest BCUT2D eigenvalue weighted by molar-refractivity contribution is 14.0. The summed E-state index contributed by atoms with van der Waals surface area (Å²) < 4.78 is 7.37. The van der Waals surface area contributed by atoms with Crippen molar-refractivity contribution in [3.05, 3.63) is 11.6 Å². The standard InChI is InChI=1S/C18H35N7O.HI/c1-4-26-14-8-9-19-18(20-10-13-25-11-6-5-7-12-25)21-15-17-23-22-16(2)24(17)3;/h4-15H2,1-3H3,(H2,19,20,21);1H. The summed E-state index contributed by atoms with van der Waals surface area (Å²) >= 11 is 0. The minimum Gasteiger partial charge on any atom is -0.382 e. The summed E-state index contributed by atoms with van der Waals surface area (Å²) in [6.45, 7) is 11.2. The fourth-order valence-electron chi connectivity index (χ4n) is 2.95. The summed E-state index contributed by atoms with van der Waals surface area (Å²) in [6.07, 6.45) is 4.98. The van der Waals surface area contributed by atoms with Gasteiger partial charge in [0.05, 0.1) is 0 Å². The Labute approximate surface area is 180 Å².